The molecule has 0 spiro atoms. The molecule has 0 aliphatic rings. The lowest BCUT2D eigenvalue weighted by atomic mass is 10.0. The summed E-state index contributed by atoms with van der Waals surface area (Å²) in [6.45, 7) is 1.60. The third kappa shape index (κ3) is 3.59. The second kappa shape index (κ2) is 6.81. The number of hydrogen-bond donors (Lipinski definition) is 2. The Morgan fingerprint density at radius 2 is 1.59 bits per heavy atom. The lowest BCUT2D eigenvalue weighted by Crippen LogP contribution is -2.13. The molecular weight excluding hydrogens is 325 g/mol. The highest BCUT2D eigenvalue weighted by Gasteiger charge is 2.16. The number of hydrogen-bond acceptors (Lipinski definition) is 2. The fourth-order valence-electron chi connectivity index (χ4n) is 1.91. The molecule has 2 rings (SSSR count). The van der Waals surface area contributed by atoms with Crippen LogP contribution in [0.15, 0.2) is 42.5 Å². The molecule has 4 nitrogen and oxygen atoms in total. The standard InChI is InChI=1S/C16H13Cl2NO3/c1-9(16(21)22)10-5-7-11(8-6-10)19-15(20)14-12(17)3-2-4-13(14)18/h2-9H,1H3,(H,19,20)(H,21,22). The largest absolute Gasteiger partial charge is 0.481 e. The molecule has 0 saturated heterocycles. The Kier molecular flexibility index (Phi) is 5.06. The van der Waals surface area contributed by atoms with Crippen molar-refractivity contribution in [2.45, 2.75) is 12.8 Å². The Labute approximate surface area is 137 Å². The molecule has 0 aliphatic carbocycles. The maximum atomic E-state index is 12.2. The van der Waals surface area contributed by atoms with Gasteiger partial charge in [-0.3, -0.25) is 9.59 Å². The van der Waals surface area contributed by atoms with Crippen LogP contribution < -0.4 is 5.32 Å². The van der Waals surface area contributed by atoms with Gasteiger partial charge in [0, 0.05) is 5.69 Å². The van der Waals surface area contributed by atoms with E-state index in [-0.39, 0.29) is 15.6 Å². The van der Waals surface area contributed by atoms with Gasteiger partial charge in [0.2, 0.25) is 0 Å². The van der Waals surface area contributed by atoms with Crippen molar-refractivity contribution in [3.05, 3.63) is 63.6 Å². The maximum absolute atomic E-state index is 12.2. The van der Waals surface area contributed by atoms with Gasteiger partial charge in [-0.15, -0.1) is 0 Å². The Bertz CT molecular complexity index is 694. The van der Waals surface area contributed by atoms with E-state index >= 15 is 0 Å². The van der Waals surface area contributed by atoms with Gasteiger partial charge in [0.25, 0.3) is 5.91 Å². The van der Waals surface area contributed by atoms with Crippen LogP contribution in [0.3, 0.4) is 0 Å². The van der Waals surface area contributed by atoms with E-state index in [2.05, 4.69) is 5.32 Å². The highest BCUT2D eigenvalue weighted by Crippen LogP contribution is 2.25. The molecule has 114 valence electrons. The molecule has 2 aromatic rings. The number of nitrogens with one attached hydrogen (secondary N) is 1. The zero-order chi connectivity index (χ0) is 16.3. The molecule has 1 amide bonds. The van der Waals surface area contributed by atoms with Gasteiger partial charge in [0.15, 0.2) is 0 Å². The zero-order valence-electron chi connectivity index (χ0n) is 11.6. The second-order valence-corrected chi connectivity index (χ2v) is 5.55. The lowest BCUT2D eigenvalue weighted by Gasteiger charge is -2.10. The van der Waals surface area contributed by atoms with Crippen molar-refractivity contribution in [1.29, 1.82) is 0 Å². The molecule has 0 saturated carbocycles. The molecule has 0 aliphatic heterocycles. The molecule has 0 fully saturated rings. The van der Waals surface area contributed by atoms with E-state index in [9.17, 15) is 9.59 Å². The number of benzene rings is 2. The SMILES string of the molecule is CC(C(=O)O)c1ccc(NC(=O)c2c(Cl)cccc2Cl)cc1. The van der Waals surface area contributed by atoms with Crippen LogP contribution in [-0.2, 0) is 4.79 Å². The third-order valence-corrected chi connectivity index (χ3v) is 3.86. The van der Waals surface area contributed by atoms with Crippen molar-refractivity contribution in [1.82, 2.24) is 0 Å². The van der Waals surface area contributed by atoms with E-state index in [1.54, 1.807) is 49.4 Å². The number of aliphatic carboxylic acids is 1. The Morgan fingerprint density at radius 3 is 2.09 bits per heavy atom. The molecule has 0 radical (unpaired) electrons. The smallest absolute Gasteiger partial charge is 0.310 e. The number of amides is 1. The van der Waals surface area contributed by atoms with Crippen LogP contribution >= 0.6 is 23.2 Å². The summed E-state index contributed by atoms with van der Waals surface area (Å²) in [4.78, 5) is 23.1. The number of carboxylic acids is 1. The first kappa shape index (κ1) is 16.3. The summed E-state index contributed by atoms with van der Waals surface area (Å²) in [6.07, 6.45) is 0. The minimum absolute atomic E-state index is 0.203. The van der Waals surface area contributed by atoms with E-state index in [0.717, 1.165) is 0 Å². The molecule has 2 N–H and O–H groups in total. The summed E-state index contributed by atoms with van der Waals surface area (Å²) >= 11 is 12.0. The summed E-state index contributed by atoms with van der Waals surface area (Å²) in [6, 6.07) is 11.4. The van der Waals surface area contributed by atoms with E-state index in [1.807, 2.05) is 0 Å². The molecule has 1 unspecified atom stereocenters. The van der Waals surface area contributed by atoms with E-state index < -0.39 is 17.8 Å². The highest BCUT2D eigenvalue weighted by molar-refractivity contribution is 6.40. The topological polar surface area (TPSA) is 66.4 Å². The average Bonchev–Trinajstić information content (AvgIpc) is 2.47. The minimum Gasteiger partial charge on any atom is -0.481 e. The van der Waals surface area contributed by atoms with Gasteiger partial charge in [-0.1, -0.05) is 41.4 Å². The molecular formula is C16H13Cl2NO3. The zero-order valence-corrected chi connectivity index (χ0v) is 13.2. The van der Waals surface area contributed by atoms with E-state index in [1.165, 1.54) is 0 Å². The fourth-order valence-corrected chi connectivity index (χ4v) is 2.48. The van der Waals surface area contributed by atoms with Crippen LogP contribution in [0.1, 0.15) is 28.8 Å². The molecule has 22 heavy (non-hydrogen) atoms. The molecule has 0 aromatic heterocycles. The summed E-state index contributed by atoms with van der Waals surface area (Å²) in [5.74, 6) is -1.93. The fraction of sp³-hybridized carbons (Fsp3) is 0.125. The van der Waals surface area contributed by atoms with Crippen LogP contribution in [-0.4, -0.2) is 17.0 Å². The normalized spacial score (nSPS) is 11.8. The molecule has 2 aromatic carbocycles. The van der Waals surface area contributed by atoms with Gasteiger partial charge in [-0.2, -0.15) is 0 Å². The number of carboxylic acid groups (broad SMARTS) is 1. The van der Waals surface area contributed by atoms with Gasteiger partial charge in [0.1, 0.15) is 0 Å². The van der Waals surface area contributed by atoms with Gasteiger partial charge in [0.05, 0.1) is 21.5 Å². The Hall–Kier alpha value is -2.04. The predicted molar refractivity (Wildman–Crippen MR) is 86.9 cm³/mol. The predicted octanol–water partition coefficient (Wildman–Crippen LogP) is 4.43. The van der Waals surface area contributed by atoms with Crippen molar-refractivity contribution in [3.8, 4) is 0 Å². The monoisotopic (exact) mass is 337 g/mol. The molecule has 6 heteroatoms. The number of carbonyl (C=O) groups excluding carboxylic acids is 1. The van der Waals surface area contributed by atoms with Gasteiger partial charge in [-0.25, -0.2) is 0 Å². The minimum atomic E-state index is -0.903. The summed E-state index contributed by atoms with van der Waals surface area (Å²) in [7, 11) is 0. The second-order valence-electron chi connectivity index (χ2n) is 4.73. The van der Waals surface area contributed by atoms with Crippen molar-refractivity contribution in [3.63, 3.8) is 0 Å². The van der Waals surface area contributed by atoms with Gasteiger partial charge >= 0.3 is 5.97 Å². The summed E-state index contributed by atoms with van der Waals surface area (Å²) in [5, 5.41) is 12.2. The molecule has 1 atom stereocenters. The van der Waals surface area contributed by atoms with Crippen molar-refractivity contribution >= 4 is 40.8 Å². The Morgan fingerprint density at radius 1 is 1.05 bits per heavy atom. The summed E-state index contributed by atoms with van der Waals surface area (Å²) < 4.78 is 0. The third-order valence-electron chi connectivity index (χ3n) is 3.23. The van der Waals surface area contributed by atoms with Crippen LogP contribution in [0, 0.1) is 0 Å². The lowest BCUT2D eigenvalue weighted by molar-refractivity contribution is -0.138. The molecule has 0 heterocycles. The highest BCUT2D eigenvalue weighted by atomic mass is 35.5. The molecule has 0 bridgehead atoms. The van der Waals surface area contributed by atoms with E-state index in [0.29, 0.717) is 11.3 Å². The first-order chi connectivity index (χ1) is 10.4. The van der Waals surface area contributed by atoms with Crippen molar-refractivity contribution in [2.24, 2.45) is 0 Å². The average molecular weight is 338 g/mol. The number of halogens is 2. The van der Waals surface area contributed by atoms with Crippen LogP contribution in [0.5, 0.6) is 0 Å². The van der Waals surface area contributed by atoms with Crippen LogP contribution in [0.2, 0.25) is 10.0 Å². The number of rotatable bonds is 4. The Balaban J connectivity index is 2.17. The van der Waals surface area contributed by atoms with Crippen molar-refractivity contribution in [2.75, 3.05) is 5.32 Å². The summed E-state index contributed by atoms with van der Waals surface area (Å²) in [5.41, 5.74) is 1.39. The first-order valence-electron chi connectivity index (χ1n) is 6.48. The van der Waals surface area contributed by atoms with Gasteiger partial charge in [-0.05, 0) is 36.8 Å². The van der Waals surface area contributed by atoms with Crippen LogP contribution in [0.25, 0.3) is 0 Å². The quantitative estimate of drug-likeness (QED) is 0.866. The van der Waals surface area contributed by atoms with E-state index in [4.69, 9.17) is 28.3 Å². The van der Waals surface area contributed by atoms with Gasteiger partial charge < -0.3 is 10.4 Å². The number of carbonyl (C=O) groups is 2. The van der Waals surface area contributed by atoms with Crippen LogP contribution in [0.4, 0.5) is 5.69 Å². The maximum Gasteiger partial charge on any atom is 0.310 e. The van der Waals surface area contributed by atoms with Crippen molar-refractivity contribution < 1.29 is 14.7 Å². The first-order valence-corrected chi connectivity index (χ1v) is 7.24. The number of anilines is 1.